The third kappa shape index (κ3) is 5.74. The highest BCUT2D eigenvalue weighted by Gasteiger charge is 2.35. The van der Waals surface area contributed by atoms with E-state index in [-0.39, 0.29) is 28.3 Å². The number of carbonyl (C=O) groups is 2. The molecule has 0 bridgehead atoms. The number of hydrogen-bond acceptors (Lipinski definition) is 4. The van der Waals surface area contributed by atoms with Gasteiger partial charge >= 0.3 is 6.18 Å². The minimum absolute atomic E-state index is 0.0285. The van der Waals surface area contributed by atoms with E-state index in [0.29, 0.717) is 17.9 Å². The highest BCUT2D eigenvalue weighted by atomic mass is 35.5. The zero-order valence-electron chi connectivity index (χ0n) is 19.1. The van der Waals surface area contributed by atoms with Gasteiger partial charge in [-0.05, 0) is 86.4 Å². The monoisotopic (exact) mass is 521 g/mol. The number of amides is 2. The number of thioether (sulfide) groups is 1. The Labute approximate surface area is 210 Å². The Morgan fingerprint density at radius 1 is 1.09 bits per heavy atom. The van der Waals surface area contributed by atoms with Crippen molar-refractivity contribution in [2.24, 2.45) is 0 Å². The first-order valence-electron chi connectivity index (χ1n) is 10.9. The maximum absolute atomic E-state index is 13.5. The van der Waals surface area contributed by atoms with Crippen molar-refractivity contribution in [3.63, 3.8) is 0 Å². The Bertz CT molecular complexity index is 1320. The second-order valence-electron chi connectivity index (χ2n) is 8.55. The van der Waals surface area contributed by atoms with Crippen LogP contribution in [0.1, 0.15) is 23.1 Å². The molecule has 0 spiro atoms. The van der Waals surface area contributed by atoms with E-state index in [1.165, 1.54) is 17.0 Å². The molecule has 0 N–H and O–H groups in total. The Morgan fingerprint density at radius 3 is 2.57 bits per heavy atom. The summed E-state index contributed by atoms with van der Waals surface area (Å²) in [6.45, 7) is 1.17. The second-order valence-corrected chi connectivity index (χ2v) is 9.98. The van der Waals surface area contributed by atoms with Gasteiger partial charge in [0.2, 0.25) is 0 Å². The van der Waals surface area contributed by atoms with Crippen molar-refractivity contribution in [1.29, 1.82) is 0 Å². The van der Waals surface area contributed by atoms with Gasteiger partial charge in [-0.2, -0.15) is 13.2 Å². The molecule has 0 atom stereocenters. The van der Waals surface area contributed by atoms with E-state index in [9.17, 15) is 22.8 Å². The largest absolute Gasteiger partial charge is 0.416 e. The number of imide groups is 1. The van der Waals surface area contributed by atoms with E-state index >= 15 is 0 Å². The molecule has 1 fully saturated rings. The van der Waals surface area contributed by atoms with Gasteiger partial charge < -0.3 is 9.47 Å². The van der Waals surface area contributed by atoms with E-state index in [4.69, 9.17) is 11.6 Å². The minimum Gasteiger partial charge on any atom is -0.343 e. The Morgan fingerprint density at radius 2 is 1.86 bits per heavy atom. The molecule has 0 unspecified atom stereocenters. The van der Waals surface area contributed by atoms with Gasteiger partial charge in [-0.3, -0.25) is 14.5 Å². The summed E-state index contributed by atoms with van der Waals surface area (Å²) in [5, 5.41) is 0.562. The number of nitrogens with zero attached hydrogens (tertiary/aromatic N) is 3. The number of fused-ring (bicyclic) bond motifs is 1. The highest BCUT2D eigenvalue weighted by molar-refractivity contribution is 8.18. The molecule has 1 saturated heterocycles. The van der Waals surface area contributed by atoms with E-state index in [1.54, 1.807) is 29.0 Å². The average Bonchev–Trinajstić information content (AvgIpc) is 3.29. The molecule has 2 amide bonds. The summed E-state index contributed by atoms with van der Waals surface area (Å²) in [6, 6.07) is 11.0. The standard InChI is InChI=1S/C25H23ClF3N3O2S/c1-30(2)9-3-10-32-23(33)22(35-24(32)34)13-16-4-7-21-17(12-16)8-11-31(21)15-18-5-6-19(26)14-20(18)25(27,28)29/h4-8,11-14H,3,9-10,15H2,1-2H3. The minimum atomic E-state index is -4.51. The number of benzene rings is 2. The van der Waals surface area contributed by atoms with Crippen LogP contribution in [0.4, 0.5) is 18.0 Å². The fourth-order valence-corrected chi connectivity index (χ4v) is 5.01. The number of hydrogen-bond donors (Lipinski definition) is 0. The molecule has 0 aliphatic carbocycles. The van der Waals surface area contributed by atoms with E-state index in [0.717, 1.165) is 40.8 Å². The number of halogens is 4. The molecule has 0 saturated carbocycles. The lowest BCUT2D eigenvalue weighted by molar-refractivity contribution is -0.138. The van der Waals surface area contributed by atoms with Gasteiger partial charge in [-0.25, -0.2) is 0 Å². The van der Waals surface area contributed by atoms with Crippen LogP contribution in [0.25, 0.3) is 17.0 Å². The summed E-state index contributed by atoms with van der Waals surface area (Å²) in [6.07, 6.45) is -0.413. The van der Waals surface area contributed by atoms with Crippen LogP contribution in [-0.4, -0.2) is 52.7 Å². The molecule has 2 heterocycles. The molecule has 4 rings (SSSR count). The van der Waals surface area contributed by atoms with Crippen LogP contribution >= 0.6 is 23.4 Å². The predicted molar refractivity (Wildman–Crippen MR) is 133 cm³/mol. The lowest BCUT2D eigenvalue weighted by Crippen LogP contribution is -2.31. The SMILES string of the molecule is CN(C)CCCN1C(=O)SC(=Cc2ccc3c(ccn3Cc3ccc(Cl)cc3C(F)(F)F)c2)C1=O. The topological polar surface area (TPSA) is 45.5 Å². The molecule has 1 aliphatic heterocycles. The number of rotatable bonds is 7. The summed E-state index contributed by atoms with van der Waals surface area (Å²) in [5.74, 6) is -0.307. The first-order chi connectivity index (χ1) is 16.5. The van der Waals surface area contributed by atoms with Crippen molar-refractivity contribution in [2.45, 2.75) is 19.1 Å². The van der Waals surface area contributed by atoms with E-state index in [1.807, 2.05) is 31.1 Å². The first-order valence-corrected chi connectivity index (χ1v) is 12.1. The molecular weight excluding hydrogens is 499 g/mol. The molecule has 2 aromatic carbocycles. The molecule has 3 aromatic rings. The van der Waals surface area contributed by atoms with Crippen LogP contribution in [0.3, 0.4) is 0 Å². The van der Waals surface area contributed by atoms with Crippen LogP contribution in [-0.2, 0) is 17.5 Å². The van der Waals surface area contributed by atoms with Gasteiger partial charge in [0.25, 0.3) is 11.1 Å². The fraction of sp³-hybridized carbons (Fsp3) is 0.280. The lowest BCUT2D eigenvalue weighted by Gasteiger charge is -2.14. The summed E-state index contributed by atoms with van der Waals surface area (Å²) in [4.78, 5) is 28.6. The summed E-state index contributed by atoms with van der Waals surface area (Å²) in [5.41, 5.74) is 0.842. The van der Waals surface area contributed by atoms with Crippen molar-refractivity contribution in [3.8, 4) is 0 Å². The van der Waals surface area contributed by atoms with Crippen molar-refractivity contribution < 1.29 is 22.8 Å². The highest BCUT2D eigenvalue weighted by Crippen LogP contribution is 2.35. The molecule has 1 aromatic heterocycles. The Kier molecular flexibility index (Phi) is 7.30. The van der Waals surface area contributed by atoms with E-state index in [2.05, 4.69) is 0 Å². The van der Waals surface area contributed by atoms with E-state index < -0.39 is 11.7 Å². The molecule has 35 heavy (non-hydrogen) atoms. The maximum Gasteiger partial charge on any atom is 0.416 e. The number of aromatic nitrogens is 1. The molecule has 1 aliphatic rings. The van der Waals surface area contributed by atoms with Crippen LogP contribution in [0, 0.1) is 0 Å². The fourth-order valence-electron chi connectivity index (χ4n) is 3.97. The quantitative estimate of drug-likeness (QED) is 0.340. The zero-order chi connectivity index (χ0) is 25.3. The second kappa shape index (κ2) is 10.1. The van der Waals surface area contributed by atoms with Crippen LogP contribution in [0.15, 0.2) is 53.6 Å². The summed E-state index contributed by atoms with van der Waals surface area (Å²) >= 11 is 6.70. The molecule has 0 radical (unpaired) electrons. The molecule has 10 heteroatoms. The lowest BCUT2D eigenvalue weighted by atomic mass is 10.1. The molecule has 184 valence electrons. The van der Waals surface area contributed by atoms with Crippen LogP contribution < -0.4 is 0 Å². The molecular formula is C25H23ClF3N3O2S. The van der Waals surface area contributed by atoms with Crippen LogP contribution in [0.2, 0.25) is 5.02 Å². The predicted octanol–water partition coefficient (Wildman–Crippen LogP) is 6.35. The van der Waals surface area contributed by atoms with Crippen molar-refractivity contribution >= 4 is 51.5 Å². The Balaban J connectivity index is 1.55. The van der Waals surface area contributed by atoms with Crippen molar-refractivity contribution in [1.82, 2.24) is 14.4 Å². The smallest absolute Gasteiger partial charge is 0.343 e. The van der Waals surface area contributed by atoms with Crippen molar-refractivity contribution in [2.75, 3.05) is 27.2 Å². The third-order valence-electron chi connectivity index (χ3n) is 5.67. The Hall–Kier alpha value is -2.75. The summed E-state index contributed by atoms with van der Waals surface area (Å²) < 4.78 is 42.2. The summed E-state index contributed by atoms with van der Waals surface area (Å²) in [7, 11) is 3.86. The van der Waals surface area contributed by atoms with Gasteiger partial charge in [0.05, 0.1) is 10.5 Å². The van der Waals surface area contributed by atoms with Crippen molar-refractivity contribution in [3.05, 3.63) is 75.3 Å². The third-order valence-corrected chi connectivity index (χ3v) is 6.81. The zero-order valence-corrected chi connectivity index (χ0v) is 20.7. The van der Waals surface area contributed by atoms with Gasteiger partial charge in [-0.1, -0.05) is 23.7 Å². The van der Waals surface area contributed by atoms with Gasteiger partial charge in [0.15, 0.2) is 0 Å². The van der Waals surface area contributed by atoms with Gasteiger partial charge in [0.1, 0.15) is 0 Å². The molecule has 5 nitrogen and oxygen atoms in total. The average molecular weight is 522 g/mol. The number of carbonyl (C=O) groups excluding carboxylic acids is 2. The first kappa shape index (κ1) is 25.3. The van der Waals surface area contributed by atoms with Gasteiger partial charge in [0, 0.05) is 35.2 Å². The van der Waals surface area contributed by atoms with Crippen LogP contribution in [0.5, 0.6) is 0 Å². The normalized spacial score (nSPS) is 15.9. The van der Waals surface area contributed by atoms with Gasteiger partial charge in [-0.15, -0.1) is 0 Å². The number of alkyl halides is 3. The maximum atomic E-state index is 13.5.